The van der Waals surface area contributed by atoms with Gasteiger partial charge in [-0.15, -0.1) is 11.3 Å². The van der Waals surface area contributed by atoms with Crippen LogP contribution in [0, 0.1) is 19.8 Å². The van der Waals surface area contributed by atoms with Gasteiger partial charge in [-0.25, -0.2) is 19.6 Å². The number of carboxylic acids is 1. The molecule has 3 aromatic rings. The van der Waals surface area contributed by atoms with Gasteiger partial charge in [-0.2, -0.15) is 0 Å². The molecule has 9 nitrogen and oxygen atoms in total. The van der Waals surface area contributed by atoms with Crippen LogP contribution in [-0.4, -0.2) is 38.7 Å². The van der Waals surface area contributed by atoms with Gasteiger partial charge < -0.3 is 20.1 Å². The lowest BCUT2D eigenvalue weighted by atomic mass is 10.2. The maximum absolute atomic E-state index is 12.5. The van der Waals surface area contributed by atoms with Gasteiger partial charge in [0, 0.05) is 23.2 Å². The second kappa shape index (κ2) is 10.3. The Hall–Kier alpha value is -3.40. The number of carbonyl (C=O) groups is 2. The molecule has 2 amide bonds. The second-order valence-corrected chi connectivity index (χ2v) is 8.99. The van der Waals surface area contributed by atoms with E-state index in [-0.39, 0.29) is 5.69 Å². The highest BCUT2D eigenvalue weighted by Crippen LogP contribution is 2.27. The number of ether oxygens (including phenoxy) is 1. The van der Waals surface area contributed by atoms with Crippen molar-refractivity contribution in [2.75, 3.05) is 17.2 Å². The van der Waals surface area contributed by atoms with Gasteiger partial charge in [0.2, 0.25) is 0 Å². The normalized spacial score (nSPS) is 10.9. The molecule has 2 aromatic heterocycles. The fraction of sp³-hybridized carbons (Fsp3) is 0.364. The van der Waals surface area contributed by atoms with Crippen molar-refractivity contribution in [3.8, 4) is 5.75 Å². The fourth-order valence-corrected chi connectivity index (χ4v) is 3.74. The minimum atomic E-state index is -1.05. The molecule has 32 heavy (non-hydrogen) atoms. The van der Waals surface area contributed by atoms with E-state index in [1.165, 1.54) is 11.3 Å². The Bertz CT molecular complexity index is 1110. The van der Waals surface area contributed by atoms with Crippen LogP contribution in [-0.2, 0) is 12.8 Å². The third-order valence-corrected chi connectivity index (χ3v) is 5.45. The molecule has 1 aromatic carbocycles. The maximum Gasteiger partial charge on any atom is 0.356 e. The van der Waals surface area contributed by atoms with Crippen LogP contribution in [0.3, 0.4) is 0 Å². The average Bonchev–Trinajstić information content (AvgIpc) is 3.32. The number of imidazole rings is 1. The van der Waals surface area contributed by atoms with Gasteiger partial charge in [-0.3, -0.25) is 5.32 Å². The fourth-order valence-electron chi connectivity index (χ4n) is 2.93. The number of carboxylic acid groups (broad SMARTS) is 1. The minimum Gasteiger partial charge on any atom is -0.491 e. The Morgan fingerprint density at radius 2 is 2.00 bits per heavy atom. The highest BCUT2D eigenvalue weighted by Gasteiger charge is 2.14. The summed E-state index contributed by atoms with van der Waals surface area (Å²) in [4.78, 5) is 35.9. The van der Waals surface area contributed by atoms with Crippen molar-refractivity contribution < 1.29 is 19.4 Å². The summed E-state index contributed by atoms with van der Waals surface area (Å²) in [5.41, 5.74) is 2.20. The highest BCUT2D eigenvalue weighted by atomic mass is 32.1. The molecule has 0 fully saturated rings. The van der Waals surface area contributed by atoms with Gasteiger partial charge >= 0.3 is 12.0 Å². The molecular formula is C22H27N5O4S. The number of hydrogen-bond donors (Lipinski definition) is 4. The van der Waals surface area contributed by atoms with Gasteiger partial charge in [0.25, 0.3) is 0 Å². The van der Waals surface area contributed by atoms with Crippen LogP contribution in [0.15, 0.2) is 24.4 Å². The van der Waals surface area contributed by atoms with Crippen LogP contribution in [0.2, 0.25) is 0 Å². The number of anilines is 2. The van der Waals surface area contributed by atoms with Crippen molar-refractivity contribution in [2.45, 2.75) is 40.5 Å². The zero-order chi connectivity index (χ0) is 23.3. The van der Waals surface area contributed by atoms with E-state index < -0.39 is 12.0 Å². The number of carbonyl (C=O) groups excluding carboxylic acids is 1. The molecule has 10 heteroatoms. The number of nitrogens with zero attached hydrogens (tertiary/aromatic N) is 2. The molecule has 3 rings (SSSR count). The molecule has 0 aliphatic rings. The molecule has 2 heterocycles. The summed E-state index contributed by atoms with van der Waals surface area (Å²) in [5.74, 6) is 0.551. The zero-order valence-electron chi connectivity index (χ0n) is 18.5. The van der Waals surface area contributed by atoms with Crippen LogP contribution >= 0.6 is 11.3 Å². The average molecular weight is 458 g/mol. The lowest BCUT2D eigenvalue weighted by molar-refractivity contribution is 0.0690. The number of aromatic nitrogens is 3. The van der Waals surface area contributed by atoms with Crippen molar-refractivity contribution in [1.82, 2.24) is 15.0 Å². The zero-order valence-corrected chi connectivity index (χ0v) is 19.3. The minimum absolute atomic E-state index is 0.0381. The lowest BCUT2D eigenvalue weighted by Crippen LogP contribution is -2.20. The molecule has 0 spiro atoms. The van der Waals surface area contributed by atoms with Gasteiger partial charge in [-0.1, -0.05) is 19.9 Å². The third-order valence-electron chi connectivity index (χ3n) is 4.48. The summed E-state index contributed by atoms with van der Waals surface area (Å²) in [6.07, 6.45) is 2.86. The van der Waals surface area contributed by atoms with Gasteiger partial charge in [0.1, 0.15) is 11.6 Å². The third kappa shape index (κ3) is 6.30. The van der Waals surface area contributed by atoms with E-state index in [9.17, 15) is 9.59 Å². The van der Waals surface area contributed by atoms with E-state index in [0.29, 0.717) is 53.5 Å². The summed E-state index contributed by atoms with van der Waals surface area (Å²) < 4.78 is 5.83. The standard InChI is InChI=1S/C22H27N5O4S/c1-12(2)11-31-17-9-13(3)5-7-16(17)25-21(30)27-22-23-10-15(32-22)6-8-18-24-14(4)19(26-18)20(28)29/h5,7,9-10,12H,6,8,11H2,1-4H3,(H,24,26)(H,28,29)(H2,23,25,27,30). The molecule has 0 radical (unpaired) electrons. The molecule has 0 unspecified atom stereocenters. The lowest BCUT2D eigenvalue weighted by Gasteiger charge is -2.14. The Morgan fingerprint density at radius 1 is 1.22 bits per heavy atom. The number of hydrogen-bond acceptors (Lipinski definition) is 6. The quantitative estimate of drug-likeness (QED) is 0.370. The van der Waals surface area contributed by atoms with Crippen LogP contribution in [0.5, 0.6) is 5.75 Å². The number of aromatic carboxylic acids is 1. The summed E-state index contributed by atoms with van der Waals surface area (Å²) in [6, 6.07) is 5.21. The Kier molecular flexibility index (Phi) is 7.47. The Labute approximate surface area is 190 Å². The molecule has 0 atom stereocenters. The molecule has 0 aliphatic carbocycles. The SMILES string of the molecule is Cc1ccc(NC(=O)Nc2ncc(CCc3nc(C(=O)O)c(C)[nH]3)s2)c(OCC(C)C)c1. The molecule has 0 aliphatic heterocycles. The molecule has 0 saturated heterocycles. The number of aryl methyl sites for hydroxylation is 4. The monoisotopic (exact) mass is 457 g/mol. The number of aromatic amines is 1. The van der Waals surface area contributed by atoms with Crippen molar-refractivity contribution in [3.05, 3.63) is 52.0 Å². The van der Waals surface area contributed by atoms with Crippen LogP contribution in [0.1, 0.15) is 46.3 Å². The molecule has 0 bridgehead atoms. The van der Waals surface area contributed by atoms with Gasteiger partial charge in [-0.05, 0) is 43.9 Å². The number of rotatable bonds is 9. The molecular weight excluding hydrogens is 430 g/mol. The number of thiazole rings is 1. The van der Waals surface area contributed by atoms with Crippen molar-refractivity contribution in [3.63, 3.8) is 0 Å². The predicted molar refractivity (Wildman–Crippen MR) is 124 cm³/mol. The first-order chi connectivity index (χ1) is 15.2. The molecule has 4 N–H and O–H groups in total. The first-order valence-corrected chi connectivity index (χ1v) is 11.1. The Balaban J connectivity index is 1.57. The summed E-state index contributed by atoms with van der Waals surface area (Å²) in [7, 11) is 0. The van der Waals surface area contributed by atoms with Crippen LogP contribution < -0.4 is 15.4 Å². The first kappa shape index (κ1) is 23.3. The van der Waals surface area contributed by atoms with Crippen molar-refractivity contribution >= 4 is 34.2 Å². The second-order valence-electron chi connectivity index (χ2n) is 7.88. The van der Waals surface area contributed by atoms with Crippen molar-refractivity contribution in [2.24, 2.45) is 5.92 Å². The highest BCUT2D eigenvalue weighted by molar-refractivity contribution is 7.15. The predicted octanol–water partition coefficient (Wildman–Crippen LogP) is 4.65. The number of nitrogens with one attached hydrogen (secondary N) is 3. The van der Waals surface area contributed by atoms with E-state index in [1.807, 2.05) is 25.1 Å². The van der Waals surface area contributed by atoms with Crippen molar-refractivity contribution in [1.29, 1.82) is 0 Å². The smallest absolute Gasteiger partial charge is 0.356 e. The van der Waals surface area contributed by atoms with Crippen LogP contribution in [0.25, 0.3) is 0 Å². The van der Waals surface area contributed by atoms with E-state index >= 15 is 0 Å². The first-order valence-electron chi connectivity index (χ1n) is 10.3. The number of H-pyrrole nitrogens is 1. The number of amides is 2. The molecule has 0 saturated carbocycles. The summed E-state index contributed by atoms with van der Waals surface area (Å²) in [6.45, 7) is 8.33. The van der Waals surface area contributed by atoms with E-state index in [4.69, 9.17) is 9.84 Å². The molecule has 170 valence electrons. The van der Waals surface area contributed by atoms with E-state index in [2.05, 4.69) is 39.4 Å². The van der Waals surface area contributed by atoms with Gasteiger partial charge in [0.15, 0.2) is 10.8 Å². The Morgan fingerprint density at radius 3 is 2.69 bits per heavy atom. The van der Waals surface area contributed by atoms with E-state index in [1.54, 1.807) is 13.1 Å². The van der Waals surface area contributed by atoms with Crippen LogP contribution in [0.4, 0.5) is 15.6 Å². The maximum atomic E-state index is 12.5. The number of urea groups is 1. The summed E-state index contributed by atoms with van der Waals surface area (Å²) >= 11 is 1.36. The summed E-state index contributed by atoms with van der Waals surface area (Å²) in [5, 5.41) is 15.1. The number of benzene rings is 1. The topological polar surface area (TPSA) is 129 Å². The van der Waals surface area contributed by atoms with Gasteiger partial charge in [0.05, 0.1) is 12.3 Å². The largest absolute Gasteiger partial charge is 0.491 e. The van der Waals surface area contributed by atoms with E-state index in [0.717, 1.165) is 10.4 Å².